The van der Waals surface area contributed by atoms with Crippen LogP contribution in [-0.4, -0.2) is 30.4 Å². The molecule has 0 aromatic heterocycles. The van der Waals surface area contributed by atoms with Crippen molar-refractivity contribution in [1.29, 1.82) is 0 Å². The van der Waals surface area contributed by atoms with E-state index in [0.29, 0.717) is 26.1 Å². The largest absolute Gasteiger partial charge is 0.335 e. The molecule has 98 valence electrons. The van der Waals surface area contributed by atoms with Crippen LogP contribution in [0.4, 0.5) is 0 Å². The first kappa shape index (κ1) is 15.9. The van der Waals surface area contributed by atoms with E-state index in [1.54, 1.807) is 17.1 Å². The molecule has 0 aliphatic heterocycles. The van der Waals surface area contributed by atoms with Crippen LogP contribution in [0.1, 0.15) is 33.1 Å². The third-order valence-electron chi connectivity index (χ3n) is 2.89. The standard InChI is InChI=1S/C14H26N2O/c1-5-11-16(12-6-2)13(17)7-8-14(3,4)9-10-15/h5-6H,1-2,7-12,15H2,3-4H3. The van der Waals surface area contributed by atoms with Crippen LogP contribution in [0.5, 0.6) is 0 Å². The van der Waals surface area contributed by atoms with Crippen molar-refractivity contribution in [3.63, 3.8) is 0 Å². The van der Waals surface area contributed by atoms with Gasteiger partial charge in [0.1, 0.15) is 0 Å². The molecule has 17 heavy (non-hydrogen) atoms. The average Bonchev–Trinajstić information content (AvgIpc) is 2.26. The summed E-state index contributed by atoms with van der Waals surface area (Å²) in [5.74, 6) is 0.162. The molecule has 0 aliphatic rings. The van der Waals surface area contributed by atoms with E-state index in [9.17, 15) is 4.79 Å². The number of rotatable bonds is 9. The third kappa shape index (κ3) is 6.95. The van der Waals surface area contributed by atoms with Gasteiger partial charge in [-0.25, -0.2) is 0 Å². The molecule has 2 N–H and O–H groups in total. The van der Waals surface area contributed by atoms with Crippen molar-refractivity contribution in [2.75, 3.05) is 19.6 Å². The second-order valence-electron chi connectivity index (χ2n) is 5.08. The third-order valence-corrected chi connectivity index (χ3v) is 2.89. The average molecular weight is 238 g/mol. The molecule has 0 aliphatic carbocycles. The van der Waals surface area contributed by atoms with Gasteiger partial charge in [0.05, 0.1) is 0 Å². The number of carbonyl (C=O) groups excluding carboxylic acids is 1. The lowest BCUT2D eigenvalue weighted by Crippen LogP contribution is -2.32. The van der Waals surface area contributed by atoms with Crippen LogP contribution in [0.25, 0.3) is 0 Å². The SMILES string of the molecule is C=CCN(CC=C)C(=O)CCC(C)(C)CCN. The van der Waals surface area contributed by atoms with E-state index >= 15 is 0 Å². The second-order valence-corrected chi connectivity index (χ2v) is 5.08. The molecule has 3 nitrogen and oxygen atoms in total. The number of nitrogens with two attached hydrogens (primary N) is 1. The molecule has 0 spiro atoms. The summed E-state index contributed by atoms with van der Waals surface area (Å²) in [5, 5.41) is 0. The lowest BCUT2D eigenvalue weighted by atomic mass is 9.84. The monoisotopic (exact) mass is 238 g/mol. The van der Waals surface area contributed by atoms with E-state index in [4.69, 9.17) is 5.73 Å². The predicted octanol–water partition coefficient (Wildman–Crippen LogP) is 2.34. The molecular weight excluding hydrogens is 212 g/mol. The van der Waals surface area contributed by atoms with Crippen molar-refractivity contribution in [2.45, 2.75) is 33.1 Å². The highest BCUT2D eigenvalue weighted by Crippen LogP contribution is 2.26. The van der Waals surface area contributed by atoms with Crippen molar-refractivity contribution in [3.8, 4) is 0 Å². The van der Waals surface area contributed by atoms with Crippen LogP contribution in [0, 0.1) is 5.41 Å². The van der Waals surface area contributed by atoms with Gasteiger partial charge in [-0.05, 0) is 24.8 Å². The van der Waals surface area contributed by atoms with Crippen molar-refractivity contribution < 1.29 is 4.79 Å². The number of hydrogen-bond donors (Lipinski definition) is 1. The predicted molar refractivity (Wildman–Crippen MR) is 73.7 cm³/mol. The zero-order chi connectivity index (χ0) is 13.3. The normalized spacial score (nSPS) is 11.0. The van der Waals surface area contributed by atoms with Crippen LogP contribution in [-0.2, 0) is 4.79 Å². The van der Waals surface area contributed by atoms with Crippen LogP contribution >= 0.6 is 0 Å². The Bertz CT molecular complexity index is 249. The van der Waals surface area contributed by atoms with E-state index in [1.165, 1.54) is 0 Å². The Labute approximate surface area is 105 Å². The Hall–Kier alpha value is -1.09. The molecule has 1 amide bonds. The number of amides is 1. The summed E-state index contributed by atoms with van der Waals surface area (Å²) in [6.07, 6.45) is 5.87. The quantitative estimate of drug-likeness (QED) is 0.627. The van der Waals surface area contributed by atoms with Gasteiger partial charge < -0.3 is 10.6 Å². The van der Waals surface area contributed by atoms with Gasteiger partial charge in [-0.3, -0.25) is 4.79 Å². The van der Waals surface area contributed by atoms with E-state index in [1.807, 2.05) is 0 Å². The van der Waals surface area contributed by atoms with Gasteiger partial charge in [0.2, 0.25) is 5.91 Å². The Balaban J connectivity index is 4.21. The van der Waals surface area contributed by atoms with Gasteiger partial charge in [-0.2, -0.15) is 0 Å². The van der Waals surface area contributed by atoms with E-state index in [2.05, 4.69) is 27.0 Å². The molecule has 3 heteroatoms. The maximum Gasteiger partial charge on any atom is 0.223 e. The highest BCUT2D eigenvalue weighted by Gasteiger charge is 2.20. The molecule has 0 rings (SSSR count). The van der Waals surface area contributed by atoms with Crippen molar-refractivity contribution >= 4 is 5.91 Å². The highest BCUT2D eigenvalue weighted by molar-refractivity contribution is 5.76. The first-order valence-electron chi connectivity index (χ1n) is 6.16. The van der Waals surface area contributed by atoms with Gasteiger partial charge in [0, 0.05) is 19.5 Å². The minimum absolute atomic E-state index is 0.137. The summed E-state index contributed by atoms with van der Waals surface area (Å²) in [6.45, 7) is 13.5. The molecule has 0 aromatic rings. The molecule has 0 atom stereocenters. The Morgan fingerprint density at radius 1 is 1.24 bits per heavy atom. The molecule has 0 radical (unpaired) electrons. The smallest absolute Gasteiger partial charge is 0.223 e. The molecular formula is C14H26N2O. The molecule has 0 saturated heterocycles. The number of nitrogens with zero attached hydrogens (tertiary/aromatic N) is 1. The summed E-state index contributed by atoms with van der Waals surface area (Å²) in [5.41, 5.74) is 5.69. The van der Waals surface area contributed by atoms with Gasteiger partial charge >= 0.3 is 0 Å². The van der Waals surface area contributed by atoms with Crippen LogP contribution < -0.4 is 5.73 Å². The summed E-state index contributed by atoms with van der Waals surface area (Å²) in [4.78, 5) is 13.7. The summed E-state index contributed by atoms with van der Waals surface area (Å²) in [7, 11) is 0. The zero-order valence-corrected chi connectivity index (χ0v) is 11.2. The van der Waals surface area contributed by atoms with Crippen LogP contribution in [0.3, 0.4) is 0 Å². The molecule has 0 aromatic carbocycles. The topological polar surface area (TPSA) is 46.3 Å². The van der Waals surface area contributed by atoms with Crippen molar-refractivity contribution in [2.24, 2.45) is 11.1 Å². The van der Waals surface area contributed by atoms with Gasteiger partial charge in [0.25, 0.3) is 0 Å². The fourth-order valence-corrected chi connectivity index (χ4v) is 1.71. The summed E-state index contributed by atoms with van der Waals surface area (Å²) < 4.78 is 0. The molecule has 0 saturated carbocycles. The lowest BCUT2D eigenvalue weighted by Gasteiger charge is -2.25. The van der Waals surface area contributed by atoms with E-state index in [-0.39, 0.29) is 11.3 Å². The highest BCUT2D eigenvalue weighted by atomic mass is 16.2. The van der Waals surface area contributed by atoms with Crippen LogP contribution in [0.15, 0.2) is 25.3 Å². The van der Waals surface area contributed by atoms with Gasteiger partial charge in [-0.15, -0.1) is 13.2 Å². The van der Waals surface area contributed by atoms with E-state index in [0.717, 1.165) is 12.8 Å². The number of hydrogen-bond acceptors (Lipinski definition) is 2. The first-order valence-corrected chi connectivity index (χ1v) is 6.16. The first-order chi connectivity index (χ1) is 7.96. The minimum atomic E-state index is 0.137. The maximum absolute atomic E-state index is 12.0. The lowest BCUT2D eigenvalue weighted by molar-refractivity contribution is -0.130. The molecule has 0 fully saturated rings. The van der Waals surface area contributed by atoms with Gasteiger partial charge in [-0.1, -0.05) is 26.0 Å². The van der Waals surface area contributed by atoms with Crippen LogP contribution in [0.2, 0.25) is 0 Å². The maximum atomic E-state index is 12.0. The molecule has 0 unspecified atom stereocenters. The zero-order valence-electron chi connectivity index (χ0n) is 11.2. The minimum Gasteiger partial charge on any atom is -0.335 e. The Morgan fingerprint density at radius 2 is 1.76 bits per heavy atom. The van der Waals surface area contributed by atoms with Crippen molar-refractivity contribution in [3.05, 3.63) is 25.3 Å². The second kappa shape index (κ2) is 8.07. The molecule has 0 heterocycles. The molecule has 0 bridgehead atoms. The fourth-order valence-electron chi connectivity index (χ4n) is 1.71. The van der Waals surface area contributed by atoms with Gasteiger partial charge in [0.15, 0.2) is 0 Å². The summed E-state index contributed by atoms with van der Waals surface area (Å²) >= 11 is 0. The van der Waals surface area contributed by atoms with Crippen molar-refractivity contribution in [1.82, 2.24) is 4.90 Å². The Kier molecular flexibility index (Phi) is 7.55. The fraction of sp³-hybridized carbons (Fsp3) is 0.643. The van der Waals surface area contributed by atoms with E-state index < -0.39 is 0 Å². The number of carbonyl (C=O) groups is 1. The Morgan fingerprint density at radius 3 is 2.18 bits per heavy atom. The summed E-state index contributed by atoms with van der Waals surface area (Å²) in [6, 6.07) is 0.